The Morgan fingerprint density at radius 1 is 1.50 bits per heavy atom. The van der Waals surface area contributed by atoms with Gasteiger partial charge in [0.15, 0.2) is 0 Å². The molecule has 2 rings (SSSR count). The maximum Gasteiger partial charge on any atom is 0.223 e. The lowest BCUT2D eigenvalue weighted by Crippen LogP contribution is -2.25. The van der Waals surface area contributed by atoms with E-state index in [0.717, 1.165) is 30.0 Å². The van der Waals surface area contributed by atoms with Crippen molar-refractivity contribution in [2.75, 3.05) is 18.1 Å². The number of nitrogens with zero attached hydrogens (tertiary/aromatic N) is 1. The van der Waals surface area contributed by atoms with Gasteiger partial charge in [0.05, 0.1) is 12.3 Å². The number of hydrogen-bond donors (Lipinski definition) is 0. The van der Waals surface area contributed by atoms with Crippen LogP contribution in [0.1, 0.15) is 25.0 Å². The molecule has 0 N–H and O–H groups in total. The summed E-state index contributed by atoms with van der Waals surface area (Å²) in [5.74, 6) is 1.06. The maximum atomic E-state index is 11.4. The van der Waals surface area contributed by atoms with Crippen LogP contribution in [0, 0.1) is 6.92 Å². The Hall–Kier alpha value is -1.51. The van der Waals surface area contributed by atoms with Crippen molar-refractivity contribution in [2.45, 2.75) is 27.2 Å². The quantitative estimate of drug-likeness (QED) is 0.763. The average Bonchev–Trinajstić information content (AvgIpc) is 2.66. The fourth-order valence-electron chi connectivity index (χ4n) is 2.25. The van der Waals surface area contributed by atoms with E-state index in [2.05, 4.69) is 0 Å². The largest absolute Gasteiger partial charge is 0.493 e. The van der Waals surface area contributed by atoms with Gasteiger partial charge in [-0.3, -0.25) is 4.79 Å². The molecular formula is C13H17NO2. The van der Waals surface area contributed by atoms with Crippen LogP contribution in [0.15, 0.2) is 12.1 Å². The fraction of sp³-hybridized carbons (Fsp3) is 0.462. The van der Waals surface area contributed by atoms with Gasteiger partial charge in [-0.1, -0.05) is 6.07 Å². The zero-order valence-electron chi connectivity index (χ0n) is 10.0. The monoisotopic (exact) mass is 219 g/mol. The Kier molecular flexibility index (Phi) is 2.86. The highest BCUT2D eigenvalue weighted by atomic mass is 16.5. The van der Waals surface area contributed by atoms with Crippen LogP contribution < -0.4 is 9.64 Å². The molecule has 1 aromatic carbocycles. The van der Waals surface area contributed by atoms with Crippen LogP contribution in [0.5, 0.6) is 5.75 Å². The molecule has 0 atom stereocenters. The smallest absolute Gasteiger partial charge is 0.223 e. The van der Waals surface area contributed by atoms with E-state index in [-0.39, 0.29) is 5.91 Å². The van der Waals surface area contributed by atoms with E-state index < -0.39 is 0 Å². The van der Waals surface area contributed by atoms with Crippen molar-refractivity contribution in [1.29, 1.82) is 0 Å². The van der Waals surface area contributed by atoms with E-state index >= 15 is 0 Å². The second-order valence-corrected chi connectivity index (χ2v) is 4.06. The van der Waals surface area contributed by atoms with Gasteiger partial charge in [-0.25, -0.2) is 0 Å². The van der Waals surface area contributed by atoms with Gasteiger partial charge in [-0.2, -0.15) is 0 Å². The van der Waals surface area contributed by atoms with E-state index in [1.54, 1.807) is 6.92 Å². The van der Waals surface area contributed by atoms with Gasteiger partial charge in [0, 0.05) is 19.0 Å². The standard InChI is InChI=1S/C13H17NO2/c1-4-16-13-9(2)5-6-12-11(13)7-8-14(12)10(3)15/h5-6H,4,7-8H2,1-3H3. The minimum atomic E-state index is 0.102. The Morgan fingerprint density at radius 2 is 2.25 bits per heavy atom. The minimum absolute atomic E-state index is 0.102. The zero-order valence-corrected chi connectivity index (χ0v) is 10.0. The van der Waals surface area contributed by atoms with Gasteiger partial charge in [0.25, 0.3) is 0 Å². The molecule has 0 bridgehead atoms. The molecule has 1 amide bonds. The molecule has 3 heteroatoms. The van der Waals surface area contributed by atoms with Gasteiger partial charge in [-0.15, -0.1) is 0 Å². The highest BCUT2D eigenvalue weighted by molar-refractivity contribution is 5.94. The Bertz CT molecular complexity index is 426. The number of carbonyl (C=O) groups excluding carboxylic acids is 1. The SMILES string of the molecule is CCOc1c(C)ccc2c1CCN2C(C)=O. The van der Waals surface area contributed by atoms with Gasteiger partial charge in [0.2, 0.25) is 5.91 Å². The first-order valence-corrected chi connectivity index (χ1v) is 5.68. The molecule has 1 aliphatic heterocycles. The van der Waals surface area contributed by atoms with Crippen LogP contribution in [-0.2, 0) is 11.2 Å². The predicted octanol–water partition coefficient (Wildman–Crippen LogP) is 2.30. The fourth-order valence-corrected chi connectivity index (χ4v) is 2.25. The van der Waals surface area contributed by atoms with Crippen molar-refractivity contribution in [2.24, 2.45) is 0 Å². The summed E-state index contributed by atoms with van der Waals surface area (Å²) in [6.45, 7) is 7.07. The van der Waals surface area contributed by atoms with Crippen LogP contribution >= 0.6 is 0 Å². The van der Waals surface area contributed by atoms with Crippen LogP contribution in [0.25, 0.3) is 0 Å². The van der Waals surface area contributed by atoms with Crippen molar-refractivity contribution >= 4 is 11.6 Å². The number of benzene rings is 1. The minimum Gasteiger partial charge on any atom is -0.493 e. The molecule has 16 heavy (non-hydrogen) atoms. The van der Waals surface area contributed by atoms with Crippen LogP contribution in [0.4, 0.5) is 5.69 Å². The summed E-state index contributed by atoms with van der Waals surface area (Å²) in [4.78, 5) is 13.3. The topological polar surface area (TPSA) is 29.5 Å². The van der Waals surface area contributed by atoms with Gasteiger partial charge in [-0.05, 0) is 31.9 Å². The Morgan fingerprint density at radius 3 is 2.88 bits per heavy atom. The van der Waals surface area contributed by atoms with Crippen LogP contribution in [0.3, 0.4) is 0 Å². The Balaban J connectivity index is 2.47. The number of carbonyl (C=O) groups is 1. The first kappa shape index (κ1) is 11.0. The molecule has 0 aromatic heterocycles. The molecule has 0 fully saturated rings. The third-order valence-electron chi connectivity index (χ3n) is 2.98. The number of amides is 1. The molecule has 0 spiro atoms. The third kappa shape index (κ3) is 1.66. The highest BCUT2D eigenvalue weighted by Crippen LogP contribution is 2.37. The van der Waals surface area contributed by atoms with Gasteiger partial charge in [0.1, 0.15) is 5.75 Å². The van der Waals surface area contributed by atoms with Crippen molar-refractivity contribution in [3.8, 4) is 5.75 Å². The molecule has 86 valence electrons. The van der Waals surface area contributed by atoms with E-state index in [1.165, 1.54) is 5.56 Å². The molecule has 0 aliphatic carbocycles. The maximum absolute atomic E-state index is 11.4. The lowest BCUT2D eigenvalue weighted by atomic mass is 10.1. The summed E-state index contributed by atoms with van der Waals surface area (Å²) >= 11 is 0. The summed E-state index contributed by atoms with van der Waals surface area (Å²) < 4.78 is 5.67. The number of ether oxygens (including phenoxy) is 1. The number of rotatable bonds is 2. The van der Waals surface area contributed by atoms with Crippen molar-refractivity contribution < 1.29 is 9.53 Å². The lowest BCUT2D eigenvalue weighted by molar-refractivity contribution is -0.116. The molecule has 3 nitrogen and oxygen atoms in total. The number of aryl methyl sites for hydroxylation is 1. The van der Waals surface area contributed by atoms with E-state index in [4.69, 9.17) is 4.74 Å². The first-order chi connectivity index (χ1) is 7.65. The summed E-state index contributed by atoms with van der Waals surface area (Å²) in [7, 11) is 0. The predicted molar refractivity (Wildman–Crippen MR) is 64.1 cm³/mol. The molecule has 1 heterocycles. The van der Waals surface area contributed by atoms with Crippen LogP contribution in [-0.4, -0.2) is 19.1 Å². The van der Waals surface area contributed by atoms with Crippen molar-refractivity contribution in [1.82, 2.24) is 0 Å². The molecule has 0 saturated carbocycles. The number of hydrogen-bond acceptors (Lipinski definition) is 2. The van der Waals surface area contributed by atoms with Gasteiger partial charge >= 0.3 is 0 Å². The van der Waals surface area contributed by atoms with Gasteiger partial charge < -0.3 is 9.64 Å². The molecule has 1 aromatic rings. The molecular weight excluding hydrogens is 202 g/mol. The first-order valence-electron chi connectivity index (χ1n) is 5.68. The highest BCUT2D eigenvalue weighted by Gasteiger charge is 2.25. The van der Waals surface area contributed by atoms with E-state index in [1.807, 2.05) is 30.9 Å². The molecule has 0 saturated heterocycles. The second kappa shape index (κ2) is 4.16. The second-order valence-electron chi connectivity index (χ2n) is 4.06. The third-order valence-corrected chi connectivity index (χ3v) is 2.98. The summed E-state index contributed by atoms with van der Waals surface area (Å²) in [5.41, 5.74) is 3.34. The molecule has 1 aliphatic rings. The average molecular weight is 219 g/mol. The molecule has 0 radical (unpaired) electrons. The number of anilines is 1. The van der Waals surface area contributed by atoms with E-state index in [9.17, 15) is 4.79 Å². The molecule has 0 unspecified atom stereocenters. The zero-order chi connectivity index (χ0) is 11.7. The normalized spacial score (nSPS) is 13.8. The van der Waals surface area contributed by atoms with Crippen molar-refractivity contribution in [3.05, 3.63) is 23.3 Å². The van der Waals surface area contributed by atoms with Crippen LogP contribution in [0.2, 0.25) is 0 Å². The van der Waals surface area contributed by atoms with Crippen molar-refractivity contribution in [3.63, 3.8) is 0 Å². The summed E-state index contributed by atoms with van der Waals surface area (Å²) in [6, 6.07) is 4.03. The lowest BCUT2D eigenvalue weighted by Gasteiger charge is -2.16. The van der Waals surface area contributed by atoms with E-state index in [0.29, 0.717) is 6.61 Å². The summed E-state index contributed by atoms with van der Waals surface area (Å²) in [6.07, 6.45) is 0.895. The number of fused-ring (bicyclic) bond motifs is 1. The summed E-state index contributed by atoms with van der Waals surface area (Å²) in [5, 5.41) is 0. The Labute approximate surface area is 96.0 Å².